The normalized spacial score (nSPS) is 16.1. The van der Waals surface area contributed by atoms with Crippen LogP contribution < -0.4 is 14.4 Å². The maximum atomic E-state index is 13.6. The number of rotatable bonds is 8. The zero-order valence-electron chi connectivity index (χ0n) is 19.3. The molecule has 1 heterocycles. The Morgan fingerprint density at radius 1 is 0.771 bits per heavy atom. The van der Waals surface area contributed by atoms with E-state index in [2.05, 4.69) is 0 Å². The molecule has 2 unspecified atom stereocenters. The van der Waals surface area contributed by atoms with Gasteiger partial charge < -0.3 is 14.4 Å². The summed E-state index contributed by atoms with van der Waals surface area (Å²) in [7, 11) is 1.59. The van der Waals surface area contributed by atoms with Gasteiger partial charge in [0.05, 0.1) is 13.7 Å². The van der Waals surface area contributed by atoms with E-state index in [9.17, 15) is 9.59 Å². The standard InChI is InChI=1S/C30H25NO4/c1-34-24-18-16-21(17-19-24)26(32)20-31(23-12-6-3-7-13-23)28-25-14-8-9-15-27(25)35-30(28)29(33)22-10-4-2-5-11-22/h2-19,28,30H,20H2,1H3. The SMILES string of the molecule is COc1ccc(C(=O)CN(c2ccccc2)C2c3ccccc3OC2C(=O)c2ccccc2)cc1. The Labute approximate surface area is 204 Å². The zero-order valence-corrected chi connectivity index (χ0v) is 19.3. The summed E-state index contributed by atoms with van der Waals surface area (Å²) in [6.45, 7) is 0.0806. The summed E-state index contributed by atoms with van der Waals surface area (Å²) >= 11 is 0. The van der Waals surface area contributed by atoms with Crippen LogP contribution in [0.3, 0.4) is 0 Å². The van der Waals surface area contributed by atoms with Crippen molar-refractivity contribution in [1.29, 1.82) is 0 Å². The van der Waals surface area contributed by atoms with Crippen LogP contribution in [0.1, 0.15) is 32.3 Å². The quantitative estimate of drug-likeness (QED) is 0.311. The van der Waals surface area contributed by atoms with Gasteiger partial charge >= 0.3 is 0 Å². The van der Waals surface area contributed by atoms with E-state index in [0.717, 1.165) is 11.3 Å². The van der Waals surface area contributed by atoms with Gasteiger partial charge in [0.25, 0.3) is 0 Å². The molecule has 0 radical (unpaired) electrons. The lowest BCUT2D eigenvalue weighted by Crippen LogP contribution is -2.42. The minimum absolute atomic E-state index is 0.0632. The molecular formula is C30H25NO4. The van der Waals surface area contributed by atoms with Gasteiger partial charge in [0.2, 0.25) is 5.78 Å². The summed E-state index contributed by atoms with van der Waals surface area (Å²) in [4.78, 5) is 29.0. The number of carbonyl (C=O) groups excluding carboxylic acids is 2. The first-order valence-electron chi connectivity index (χ1n) is 11.5. The number of nitrogens with zero attached hydrogens (tertiary/aromatic N) is 1. The average Bonchev–Trinajstić information content (AvgIpc) is 3.31. The molecule has 0 saturated carbocycles. The van der Waals surface area contributed by atoms with Gasteiger partial charge in [-0.15, -0.1) is 0 Å². The summed E-state index contributed by atoms with van der Waals surface area (Å²) in [5.74, 6) is 1.16. The van der Waals surface area contributed by atoms with Crippen molar-refractivity contribution in [3.63, 3.8) is 0 Å². The van der Waals surface area contributed by atoms with E-state index in [1.165, 1.54) is 0 Å². The van der Waals surface area contributed by atoms with Gasteiger partial charge in [-0.2, -0.15) is 0 Å². The Balaban J connectivity index is 1.56. The Morgan fingerprint density at radius 3 is 2.09 bits per heavy atom. The highest BCUT2D eigenvalue weighted by atomic mass is 16.5. The number of fused-ring (bicyclic) bond motifs is 1. The number of hydrogen-bond donors (Lipinski definition) is 0. The smallest absolute Gasteiger partial charge is 0.205 e. The average molecular weight is 464 g/mol. The van der Waals surface area contributed by atoms with Crippen molar-refractivity contribution < 1.29 is 19.1 Å². The Hall–Kier alpha value is -4.38. The summed E-state index contributed by atoms with van der Waals surface area (Å²) in [6, 6.07) is 33.1. The fourth-order valence-electron chi connectivity index (χ4n) is 4.48. The Bertz CT molecular complexity index is 1320. The number of hydrogen-bond acceptors (Lipinski definition) is 5. The predicted molar refractivity (Wildman–Crippen MR) is 135 cm³/mol. The van der Waals surface area contributed by atoms with E-state index in [4.69, 9.17) is 9.47 Å². The maximum absolute atomic E-state index is 13.6. The van der Waals surface area contributed by atoms with Crippen molar-refractivity contribution in [1.82, 2.24) is 0 Å². The predicted octanol–water partition coefficient (Wildman–Crippen LogP) is 5.77. The third-order valence-corrected chi connectivity index (χ3v) is 6.24. The minimum atomic E-state index is -0.793. The highest BCUT2D eigenvalue weighted by molar-refractivity contribution is 6.02. The number of ketones is 2. The molecule has 0 aromatic heterocycles. The summed E-state index contributed by atoms with van der Waals surface area (Å²) in [6.07, 6.45) is -0.793. The molecule has 0 saturated heterocycles. The van der Waals surface area contributed by atoms with Crippen molar-refractivity contribution in [3.05, 3.63) is 126 Å². The molecule has 0 aliphatic carbocycles. The number of para-hydroxylation sites is 2. The van der Waals surface area contributed by atoms with Gasteiger partial charge in [0.15, 0.2) is 11.9 Å². The van der Waals surface area contributed by atoms with Crippen LogP contribution in [0.25, 0.3) is 0 Å². The molecule has 35 heavy (non-hydrogen) atoms. The first-order valence-corrected chi connectivity index (χ1v) is 11.5. The molecule has 174 valence electrons. The molecule has 1 aliphatic heterocycles. The van der Waals surface area contributed by atoms with Crippen molar-refractivity contribution in [2.75, 3.05) is 18.6 Å². The van der Waals surface area contributed by atoms with Crippen LogP contribution in [-0.4, -0.2) is 31.3 Å². The van der Waals surface area contributed by atoms with Crippen LogP contribution in [0.2, 0.25) is 0 Å². The molecule has 2 atom stereocenters. The summed E-state index contributed by atoms with van der Waals surface area (Å²) in [5, 5.41) is 0. The van der Waals surface area contributed by atoms with E-state index in [-0.39, 0.29) is 18.1 Å². The lowest BCUT2D eigenvalue weighted by atomic mass is 9.94. The number of methoxy groups -OCH3 is 1. The summed E-state index contributed by atoms with van der Waals surface area (Å²) < 4.78 is 11.5. The second kappa shape index (κ2) is 9.85. The van der Waals surface area contributed by atoms with Crippen molar-refractivity contribution in [2.45, 2.75) is 12.1 Å². The highest BCUT2D eigenvalue weighted by Gasteiger charge is 2.43. The molecule has 1 aliphatic rings. The fraction of sp³-hybridized carbons (Fsp3) is 0.133. The molecule has 5 heteroatoms. The van der Waals surface area contributed by atoms with Gasteiger partial charge in [-0.3, -0.25) is 9.59 Å². The molecule has 0 N–H and O–H groups in total. The van der Waals surface area contributed by atoms with Crippen molar-refractivity contribution in [3.8, 4) is 11.5 Å². The maximum Gasteiger partial charge on any atom is 0.205 e. The topological polar surface area (TPSA) is 55.8 Å². The molecule has 4 aromatic rings. The molecule has 0 bridgehead atoms. The number of Topliss-reactive ketones (excluding diaryl/α,β-unsaturated/α-hetero) is 2. The lowest BCUT2D eigenvalue weighted by molar-refractivity contribution is 0.0784. The van der Waals surface area contributed by atoms with Gasteiger partial charge in [0, 0.05) is 22.4 Å². The zero-order chi connectivity index (χ0) is 24.2. The van der Waals surface area contributed by atoms with Crippen LogP contribution in [0, 0.1) is 0 Å². The van der Waals surface area contributed by atoms with E-state index in [1.54, 1.807) is 43.5 Å². The summed E-state index contributed by atoms with van der Waals surface area (Å²) in [5.41, 5.74) is 2.87. The number of carbonyl (C=O) groups is 2. The van der Waals surface area contributed by atoms with Gasteiger partial charge in [-0.1, -0.05) is 66.7 Å². The van der Waals surface area contributed by atoms with E-state index in [1.807, 2.05) is 77.7 Å². The van der Waals surface area contributed by atoms with Gasteiger partial charge in [-0.05, 0) is 42.5 Å². The van der Waals surface area contributed by atoms with Gasteiger partial charge in [-0.25, -0.2) is 0 Å². The minimum Gasteiger partial charge on any atom is -0.497 e. The van der Waals surface area contributed by atoms with Crippen LogP contribution in [-0.2, 0) is 0 Å². The Morgan fingerprint density at radius 2 is 1.40 bits per heavy atom. The highest BCUT2D eigenvalue weighted by Crippen LogP contribution is 2.43. The van der Waals surface area contributed by atoms with Crippen LogP contribution in [0.15, 0.2) is 109 Å². The molecule has 0 fully saturated rings. The fourth-order valence-corrected chi connectivity index (χ4v) is 4.48. The third kappa shape index (κ3) is 4.53. The molecule has 0 amide bonds. The lowest BCUT2D eigenvalue weighted by Gasteiger charge is -2.33. The molecule has 4 aromatic carbocycles. The van der Waals surface area contributed by atoms with Crippen LogP contribution >= 0.6 is 0 Å². The number of benzene rings is 4. The Kier molecular flexibility index (Phi) is 6.31. The second-order valence-corrected chi connectivity index (χ2v) is 8.37. The number of anilines is 1. The van der Waals surface area contributed by atoms with E-state index < -0.39 is 12.1 Å². The molecule has 5 nitrogen and oxygen atoms in total. The second-order valence-electron chi connectivity index (χ2n) is 8.37. The van der Waals surface area contributed by atoms with E-state index >= 15 is 0 Å². The number of ether oxygens (including phenoxy) is 2. The largest absolute Gasteiger partial charge is 0.497 e. The molecule has 5 rings (SSSR count). The van der Waals surface area contributed by atoms with Crippen molar-refractivity contribution in [2.24, 2.45) is 0 Å². The monoisotopic (exact) mass is 463 g/mol. The third-order valence-electron chi connectivity index (χ3n) is 6.24. The van der Waals surface area contributed by atoms with Crippen LogP contribution in [0.4, 0.5) is 5.69 Å². The van der Waals surface area contributed by atoms with Crippen LogP contribution in [0.5, 0.6) is 11.5 Å². The van der Waals surface area contributed by atoms with Crippen molar-refractivity contribution >= 4 is 17.3 Å². The first kappa shape index (κ1) is 22.4. The molecule has 0 spiro atoms. The molecular weight excluding hydrogens is 438 g/mol. The van der Waals surface area contributed by atoms with Gasteiger partial charge in [0.1, 0.15) is 17.5 Å². The van der Waals surface area contributed by atoms with E-state index in [0.29, 0.717) is 22.6 Å². The first-order chi connectivity index (χ1) is 17.2.